The maximum atomic E-state index is 12.2. The normalized spacial score (nSPS) is 16.5. The quantitative estimate of drug-likeness (QED) is 0.340. The van der Waals surface area contributed by atoms with Gasteiger partial charge in [0.1, 0.15) is 5.75 Å². The number of ether oxygens (including phenoxy) is 1. The number of hydrogen-bond acceptors (Lipinski definition) is 4. The number of nitrogens with zero attached hydrogens (tertiary/aromatic N) is 3. The van der Waals surface area contributed by atoms with Crippen molar-refractivity contribution in [1.82, 2.24) is 20.4 Å². The number of benzene rings is 1. The Kier molecular flexibility index (Phi) is 10.2. The van der Waals surface area contributed by atoms with Gasteiger partial charge in [-0.2, -0.15) is 13.2 Å². The second-order valence-corrected chi connectivity index (χ2v) is 7.38. The van der Waals surface area contributed by atoms with Crippen molar-refractivity contribution in [2.75, 3.05) is 59.5 Å². The molecular formula is C21H34F3N5O. The van der Waals surface area contributed by atoms with Gasteiger partial charge in [-0.15, -0.1) is 0 Å². The molecule has 1 fully saturated rings. The van der Waals surface area contributed by atoms with Crippen LogP contribution >= 0.6 is 0 Å². The van der Waals surface area contributed by atoms with Gasteiger partial charge in [0.15, 0.2) is 12.6 Å². The van der Waals surface area contributed by atoms with Crippen molar-refractivity contribution >= 4 is 5.96 Å². The van der Waals surface area contributed by atoms with Crippen LogP contribution in [-0.4, -0.2) is 81.4 Å². The average molecular weight is 430 g/mol. The Labute approximate surface area is 177 Å². The van der Waals surface area contributed by atoms with E-state index in [-0.39, 0.29) is 5.75 Å². The number of nitrogens with one attached hydrogen (secondary N) is 2. The standard InChI is InChI=1S/C21H34F3N5O/c1-3-28-12-14-29(15-13-28)11-5-4-10-26-20(25-2)27-16-18-6-8-19(9-7-18)30-17-21(22,23)24/h6-9H,3-5,10-17H2,1-2H3,(H2,25,26,27). The first-order valence-electron chi connectivity index (χ1n) is 10.6. The Bertz CT molecular complexity index is 629. The number of likely N-dealkylation sites (N-methyl/N-ethyl adjacent to an activating group) is 1. The van der Waals surface area contributed by atoms with E-state index >= 15 is 0 Å². The summed E-state index contributed by atoms with van der Waals surface area (Å²) in [4.78, 5) is 9.22. The van der Waals surface area contributed by atoms with Crippen molar-refractivity contribution in [3.05, 3.63) is 29.8 Å². The van der Waals surface area contributed by atoms with Crippen molar-refractivity contribution in [1.29, 1.82) is 0 Å². The minimum absolute atomic E-state index is 0.203. The number of hydrogen-bond donors (Lipinski definition) is 2. The van der Waals surface area contributed by atoms with Crippen molar-refractivity contribution in [2.24, 2.45) is 4.99 Å². The number of alkyl halides is 3. The minimum atomic E-state index is -4.33. The molecule has 0 saturated carbocycles. The molecule has 0 atom stereocenters. The third-order valence-electron chi connectivity index (χ3n) is 5.12. The SMILES string of the molecule is CCN1CCN(CCCCNC(=NC)NCc2ccc(OCC(F)(F)F)cc2)CC1. The van der Waals surface area contributed by atoms with Crippen molar-refractivity contribution in [2.45, 2.75) is 32.5 Å². The summed E-state index contributed by atoms with van der Waals surface area (Å²) in [6, 6.07) is 6.56. The molecule has 1 aliphatic heterocycles. The van der Waals surface area contributed by atoms with Crippen molar-refractivity contribution in [3.63, 3.8) is 0 Å². The molecule has 170 valence electrons. The van der Waals surface area contributed by atoms with Crippen LogP contribution in [0.15, 0.2) is 29.3 Å². The van der Waals surface area contributed by atoms with Crippen LogP contribution in [0.5, 0.6) is 5.75 Å². The average Bonchev–Trinajstić information content (AvgIpc) is 2.75. The fraction of sp³-hybridized carbons (Fsp3) is 0.667. The summed E-state index contributed by atoms with van der Waals surface area (Å²) in [5.74, 6) is 0.915. The zero-order valence-corrected chi connectivity index (χ0v) is 18.0. The van der Waals surface area contributed by atoms with E-state index in [1.807, 2.05) is 0 Å². The molecule has 1 aliphatic rings. The molecule has 1 saturated heterocycles. The van der Waals surface area contributed by atoms with Gasteiger partial charge in [-0.3, -0.25) is 4.99 Å². The molecule has 2 rings (SSSR count). The second-order valence-electron chi connectivity index (χ2n) is 7.38. The van der Waals surface area contributed by atoms with E-state index in [1.165, 1.54) is 13.1 Å². The van der Waals surface area contributed by atoms with E-state index in [2.05, 4.69) is 32.3 Å². The number of unbranched alkanes of at least 4 members (excludes halogenated alkanes) is 1. The van der Waals surface area contributed by atoms with Crippen LogP contribution in [0, 0.1) is 0 Å². The summed E-state index contributed by atoms with van der Waals surface area (Å²) in [5, 5.41) is 6.52. The van der Waals surface area contributed by atoms with E-state index in [1.54, 1.807) is 31.3 Å². The van der Waals surface area contributed by atoms with Gasteiger partial charge in [0, 0.05) is 46.3 Å². The van der Waals surface area contributed by atoms with Crippen LogP contribution in [0.1, 0.15) is 25.3 Å². The fourth-order valence-electron chi connectivity index (χ4n) is 3.27. The van der Waals surface area contributed by atoms with Crippen LogP contribution in [0.4, 0.5) is 13.2 Å². The molecule has 30 heavy (non-hydrogen) atoms. The Hall–Kier alpha value is -2.00. The van der Waals surface area contributed by atoms with E-state index in [9.17, 15) is 13.2 Å². The topological polar surface area (TPSA) is 52.1 Å². The summed E-state index contributed by atoms with van der Waals surface area (Å²) >= 11 is 0. The van der Waals surface area contributed by atoms with Crippen LogP contribution in [0.2, 0.25) is 0 Å². The van der Waals surface area contributed by atoms with Crippen LogP contribution in [-0.2, 0) is 6.54 Å². The highest BCUT2D eigenvalue weighted by Gasteiger charge is 2.28. The molecule has 0 spiro atoms. The third-order valence-corrected chi connectivity index (χ3v) is 5.12. The lowest BCUT2D eigenvalue weighted by Crippen LogP contribution is -2.46. The molecule has 0 amide bonds. The van der Waals surface area contributed by atoms with Crippen molar-refractivity contribution < 1.29 is 17.9 Å². The first-order chi connectivity index (χ1) is 14.4. The maximum Gasteiger partial charge on any atom is 0.422 e. The third kappa shape index (κ3) is 9.67. The Morgan fingerprint density at radius 1 is 1.03 bits per heavy atom. The Balaban J connectivity index is 1.58. The maximum absolute atomic E-state index is 12.2. The molecule has 1 aromatic carbocycles. The van der Waals surface area contributed by atoms with Gasteiger partial charge in [0.05, 0.1) is 0 Å². The summed E-state index contributed by atoms with van der Waals surface area (Å²) in [6.45, 7) is 9.23. The molecular weight excluding hydrogens is 395 g/mol. The number of rotatable bonds is 10. The van der Waals surface area contributed by atoms with Gasteiger partial charge in [-0.1, -0.05) is 19.1 Å². The molecule has 0 unspecified atom stereocenters. The van der Waals surface area contributed by atoms with E-state index in [0.29, 0.717) is 12.5 Å². The highest BCUT2D eigenvalue weighted by Crippen LogP contribution is 2.18. The summed E-state index contributed by atoms with van der Waals surface area (Å²) in [5.41, 5.74) is 0.934. The summed E-state index contributed by atoms with van der Waals surface area (Å²) < 4.78 is 41.3. The first kappa shape index (κ1) is 24.3. The van der Waals surface area contributed by atoms with Crippen LogP contribution < -0.4 is 15.4 Å². The number of aliphatic imine (C=N–C) groups is 1. The molecule has 0 radical (unpaired) electrons. The van der Waals surface area contributed by atoms with Gasteiger partial charge in [-0.05, 0) is 43.6 Å². The predicted molar refractivity (Wildman–Crippen MR) is 114 cm³/mol. The zero-order chi connectivity index (χ0) is 21.8. The summed E-state index contributed by atoms with van der Waals surface area (Å²) in [7, 11) is 1.72. The van der Waals surface area contributed by atoms with E-state index in [4.69, 9.17) is 4.74 Å². The highest BCUT2D eigenvalue weighted by molar-refractivity contribution is 5.79. The number of guanidine groups is 1. The highest BCUT2D eigenvalue weighted by atomic mass is 19.4. The fourth-order valence-corrected chi connectivity index (χ4v) is 3.27. The van der Waals surface area contributed by atoms with E-state index in [0.717, 1.165) is 51.1 Å². The van der Waals surface area contributed by atoms with Gasteiger partial charge < -0.3 is 25.2 Å². The zero-order valence-electron chi connectivity index (χ0n) is 18.0. The number of halogens is 3. The van der Waals surface area contributed by atoms with E-state index < -0.39 is 12.8 Å². The van der Waals surface area contributed by atoms with Gasteiger partial charge in [0.2, 0.25) is 0 Å². The monoisotopic (exact) mass is 429 g/mol. The lowest BCUT2D eigenvalue weighted by molar-refractivity contribution is -0.153. The molecule has 0 aliphatic carbocycles. The smallest absolute Gasteiger partial charge is 0.422 e. The van der Waals surface area contributed by atoms with Gasteiger partial charge >= 0.3 is 6.18 Å². The predicted octanol–water partition coefficient (Wildman–Crippen LogP) is 2.71. The molecule has 1 heterocycles. The second kappa shape index (κ2) is 12.6. The van der Waals surface area contributed by atoms with Gasteiger partial charge in [-0.25, -0.2) is 0 Å². The molecule has 2 N–H and O–H groups in total. The van der Waals surface area contributed by atoms with Crippen LogP contribution in [0.3, 0.4) is 0 Å². The minimum Gasteiger partial charge on any atom is -0.484 e. The first-order valence-corrected chi connectivity index (χ1v) is 10.6. The molecule has 9 heteroatoms. The Morgan fingerprint density at radius 3 is 2.30 bits per heavy atom. The van der Waals surface area contributed by atoms with Gasteiger partial charge in [0.25, 0.3) is 0 Å². The number of piperazine rings is 1. The largest absolute Gasteiger partial charge is 0.484 e. The summed E-state index contributed by atoms with van der Waals surface area (Å²) in [6.07, 6.45) is -2.11. The van der Waals surface area contributed by atoms with Crippen molar-refractivity contribution in [3.8, 4) is 5.75 Å². The Morgan fingerprint density at radius 2 is 1.70 bits per heavy atom. The molecule has 1 aromatic rings. The van der Waals surface area contributed by atoms with Crippen LogP contribution in [0.25, 0.3) is 0 Å². The molecule has 0 aromatic heterocycles. The molecule has 0 bridgehead atoms. The lowest BCUT2D eigenvalue weighted by Gasteiger charge is -2.34. The lowest BCUT2D eigenvalue weighted by atomic mass is 10.2. The molecule has 6 nitrogen and oxygen atoms in total.